The van der Waals surface area contributed by atoms with Crippen molar-refractivity contribution >= 4 is 23.6 Å². The fourth-order valence-electron chi connectivity index (χ4n) is 3.47. The van der Waals surface area contributed by atoms with Gasteiger partial charge in [-0.15, -0.1) is 11.8 Å². The molecule has 0 heterocycles. The maximum atomic E-state index is 13.1. The largest absolute Gasteiger partial charge is 0.357 e. The van der Waals surface area contributed by atoms with E-state index in [-0.39, 0.29) is 11.8 Å². The predicted molar refractivity (Wildman–Crippen MR) is 122 cm³/mol. The van der Waals surface area contributed by atoms with Crippen molar-refractivity contribution in [3.8, 4) is 0 Å². The second-order valence-corrected chi connectivity index (χ2v) is 8.52. The number of benzene rings is 2. The fraction of sp³-hybridized carbons (Fsp3) is 0.417. The molecule has 29 heavy (non-hydrogen) atoms. The van der Waals surface area contributed by atoms with Crippen molar-refractivity contribution in [1.82, 2.24) is 10.2 Å². The van der Waals surface area contributed by atoms with Crippen LogP contribution in [0.1, 0.15) is 41.2 Å². The van der Waals surface area contributed by atoms with Crippen LogP contribution in [0, 0.1) is 20.8 Å². The van der Waals surface area contributed by atoms with Gasteiger partial charge in [-0.1, -0.05) is 66.1 Å². The molecule has 2 amide bonds. The van der Waals surface area contributed by atoms with E-state index in [0.717, 1.165) is 11.3 Å². The number of amides is 2. The van der Waals surface area contributed by atoms with Crippen LogP contribution >= 0.6 is 11.8 Å². The number of likely N-dealkylation sites (N-methyl/N-ethyl adjacent to an activating group) is 1. The van der Waals surface area contributed by atoms with Gasteiger partial charge >= 0.3 is 0 Å². The minimum atomic E-state index is -0.462. The third-order valence-electron chi connectivity index (χ3n) is 4.88. The molecule has 0 fully saturated rings. The first-order valence-electron chi connectivity index (χ1n) is 10.1. The van der Waals surface area contributed by atoms with E-state index in [0.29, 0.717) is 18.7 Å². The second kappa shape index (κ2) is 11.1. The van der Waals surface area contributed by atoms with Gasteiger partial charge < -0.3 is 10.2 Å². The highest BCUT2D eigenvalue weighted by molar-refractivity contribution is 7.99. The highest BCUT2D eigenvalue weighted by atomic mass is 32.2. The summed E-state index contributed by atoms with van der Waals surface area (Å²) in [7, 11) is 1.62. The molecule has 2 aromatic carbocycles. The van der Waals surface area contributed by atoms with Crippen LogP contribution in [0.3, 0.4) is 0 Å². The van der Waals surface area contributed by atoms with Crippen LogP contribution in [0.25, 0.3) is 0 Å². The highest BCUT2D eigenvalue weighted by Gasteiger charge is 2.27. The van der Waals surface area contributed by atoms with Gasteiger partial charge in [-0.3, -0.25) is 9.59 Å². The monoisotopic (exact) mass is 412 g/mol. The number of aryl methyl sites for hydroxylation is 3. The lowest BCUT2D eigenvalue weighted by atomic mass is 10.1. The zero-order valence-corrected chi connectivity index (χ0v) is 18.9. The molecule has 156 valence electrons. The normalized spacial score (nSPS) is 11.8. The average molecular weight is 413 g/mol. The molecule has 1 atom stereocenters. The molecule has 0 aliphatic carbocycles. The van der Waals surface area contributed by atoms with Gasteiger partial charge in [0.25, 0.3) is 0 Å². The molecule has 0 saturated carbocycles. The molecule has 0 saturated heterocycles. The first kappa shape index (κ1) is 23.0. The van der Waals surface area contributed by atoms with E-state index in [2.05, 4.69) is 37.4 Å². The van der Waals surface area contributed by atoms with E-state index in [1.807, 2.05) is 38.1 Å². The molecule has 1 unspecified atom stereocenters. The molecule has 2 aromatic rings. The van der Waals surface area contributed by atoms with Crippen molar-refractivity contribution in [1.29, 1.82) is 0 Å². The Balaban J connectivity index is 2.10. The van der Waals surface area contributed by atoms with E-state index in [4.69, 9.17) is 0 Å². The van der Waals surface area contributed by atoms with Crippen molar-refractivity contribution in [2.24, 2.45) is 0 Å². The SMILES string of the molecule is CCC(C(=O)NC)N(Cc1ccc(C)cc1)C(=O)CSCc1cc(C)cc(C)c1. The topological polar surface area (TPSA) is 49.4 Å². The summed E-state index contributed by atoms with van der Waals surface area (Å²) in [5.74, 6) is 1.01. The number of nitrogens with one attached hydrogen (secondary N) is 1. The standard InChI is InChI=1S/C24H32N2O2S/c1-6-22(24(28)25-5)26(14-20-9-7-17(2)8-10-20)23(27)16-29-15-21-12-18(3)11-19(4)13-21/h7-13,22H,6,14-16H2,1-5H3,(H,25,28). The lowest BCUT2D eigenvalue weighted by molar-refractivity contribution is -0.139. The van der Waals surface area contributed by atoms with E-state index in [1.165, 1.54) is 22.3 Å². The fourth-order valence-corrected chi connectivity index (χ4v) is 4.31. The number of carbonyl (C=O) groups is 2. The maximum absolute atomic E-state index is 13.1. The van der Waals surface area contributed by atoms with Crippen LogP contribution in [0.4, 0.5) is 0 Å². The Morgan fingerprint density at radius 3 is 2.14 bits per heavy atom. The number of hydrogen-bond donors (Lipinski definition) is 1. The van der Waals surface area contributed by atoms with Gasteiger partial charge in [0.1, 0.15) is 6.04 Å². The van der Waals surface area contributed by atoms with Gasteiger partial charge in [0.15, 0.2) is 0 Å². The van der Waals surface area contributed by atoms with Crippen LogP contribution in [0.5, 0.6) is 0 Å². The van der Waals surface area contributed by atoms with Crippen LogP contribution in [-0.2, 0) is 21.9 Å². The van der Waals surface area contributed by atoms with Crippen molar-refractivity contribution < 1.29 is 9.59 Å². The summed E-state index contributed by atoms with van der Waals surface area (Å²) in [4.78, 5) is 27.2. The summed E-state index contributed by atoms with van der Waals surface area (Å²) in [6.07, 6.45) is 0.582. The minimum Gasteiger partial charge on any atom is -0.357 e. The van der Waals surface area contributed by atoms with Crippen LogP contribution < -0.4 is 5.32 Å². The molecule has 0 aromatic heterocycles. The molecule has 0 radical (unpaired) electrons. The molecule has 1 N–H and O–H groups in total. The number of carbonyl (C=O) groups excluding carboxylic acids is 2. The Morgan fingerprint density at radius 1 is 0.966 bits per heavy atom. The van der Waals surface area contributed by atoms with Gasteiger partial charge in [-0.2, -0.15) is 0 Å². The smallest absolute Gasteiger partial charge is 0.242 e. The number of rotatable bonds is 9. The van der Waals surface area contributed by atoms with Crippen LogP contribution in [0.2, 0.25) is 0 Å². The molecule has 5 heteroatoms. The van der Waals surface area contributed by atoms with Gasteiger partial charge in [0.2, 0.25) is 11.8 Å². The third kappa shape index (κ3) is 6.93. The molecule has 0 spiro atoms. The molecular formula is C24H32N2O2S. The highest BCUT2D eigenvalue weighted by Crippen LogP contribution is 2.19. The van der Waals surface area contributed by atoms with Gasteiger partial charge in [0, 0.05) is 19.3 Å². The van der Waals surface area contributed by atoms with Crippen molar-refractivity contribution in [2.45, 2.75) is 52.5 Å². The summed E-state index contributed by atoms with van der Waals surface area (Å²) in [6, 6.07) is 14.1. The summed E-state index contributed by atoms with van der Waals surface area (Å²) in [6.45, 7) is 8.60. The number of nitrogens with zero attached hydrogens (tertiary/aromatic N) is 1. The maximum Gasteiger partial charge on any atom is 0.242 e. The zero-order chi connectivity index (χ0) is 21.4. The Kier molecular flexibility index (Phi) is 8.77. The molecule has 0 aliphatic rings. The van der Waals surface area contributed by atoms with Crippen molar-refractivity contribution in [3.63, 3.8) is 0 Å². The van der Waals surface area contributed by atoms with Gasteiger partial charge in [-0.05, 0) is 38.3 Å². The van der Waals surface area contributed by atoms with E-state index in [1.54, 1.807) is 23.7 Å². The second-order valence-electron chi connectivity index (χ2n) is 7.53. The number of hydrogen-bond acceptors (Lipinski definition) is 3. The van der Waals surface area contributed by atoms with Crippen molar-refractivity contribution in [3.05, 3.63) is 70.3 Å². The molecule has 0 aliphatic heterocycles. The Morgan fingerprint density at radius 2 is 1.59 bits per heavy atom. The predicted octanol–water partition coefficient (Wildman–Crippen LogP) is 4.40. The molecule has 0 bridgehead atoms. The van der Waals surface area contributed by atoms with Gasteiger partial charge in [0.05, 0.1) is 5.75 Å². The zero-order valence-electron chi connectivity index (χ0n) is 18.1. The average Bonchev–Trinajstić information content (AvgIpc) is 2.68. The Hall–Kier alpha value is -2.27. The minimum absolute atomic E-state index is 0.00426. The summed E-state index contributed by atoms with van der Waals surface area (Å²) < 4.78 is 0. The first-order chi connectivity index (χ1) is 13.8. The van der Waals surface area contributed by atoms with E-state index in [9.17, 15) is 9.59 Å². The Bertz CT molecular complexity index is 813. The molecule has 2 rings (SSSR count). The summed E-state index contributed by atoms with van der Waals surface area (Å²) in [5.41, 5.74) is 5.90. The Labute approximate surface area is 179 Å². The first-order valence-corrected chi connectivity index (χ1v) is 11.2. The van der Waals surface area contributed by atoms with Crippen LogP contribution in [0.15, 0.2) is 42.5 Å². The van der Waals surface area contributed by atoms with Crippen LogP contribution in [-0.4, -0.2) is 35.6 Å². The summed E-state index contributed by atoms with van der Waals surface area (Å²) >= 11 is 1.60. The molecule has 4 nitrogen and oxygen atoms in total. The van der Waals surface area contributed by atoms with Crippen molar-refractivity contribution in [2.75, 3.05) is 12.8 Å². The van der Waals surface area contributed by atoms with E-state index >= 15 is 0 Å². The quantitative estimate of drug-likeness (QED) is 0.664. The number of thioether (sulfide) groups is 1. The lowest BCUT2D eigenvalue weighted by Gasteiger charge is -2.30. The summed E-state index contributed by atoms with van der Waals surface area (Å²) in [5, 5.41) is 2.70. The third-order valence-corrected chi connectivity index (χ3v) is 5.87. The lowest BCUT2D eigenvalue weighted by Crippen LogP contribution is -2.48. The van der Waals surface area contributed by atoms with Gasteiger partial charge in [-0.25, -0.2) is 0 Å². The molecular weight excluding hydrogens is 380 g/mol. The van der Waals surface area contributed by atoms with E-state index < -0.39 is 6.04 Å².